The minimum Gasteiger partial charge on any atom is -0.0842 e. The zero-order valence-electron chi connectivity index (χ0n) is 39.2. The van der Waals surface area contributed by atoms with E-state index in [1.165, 1.54) is 119 Å². The predicted molar refractivity (Wildman–Crippen MR) is 289 cm³/mol. The van der Waals surface area contributed by atoms with Crippen LogP contribution in [0.15, 0.2) is 259 Å². The van der Waals surface area contributed by atoms with E-state index in [0.29, 0.717) is 5.92 Å². The van der Waals surface area contributed by atoms with Gasteiger partial charge in [0.2, 0.25) is 0 Å². The van der Waals surface area contributed by atoms with Crippen molar-refractivity contribution in [3.8, 4) is 11.1 Å². The van der Waals surface area contributed by atoms with Crippen LogP contribution in [0.4, 0.5) is 0 Å². The quantitative estimate of drug-likeness (QED) is 0.143. The molecule has 0 fully saturated rings. The zero-order chi connectivity index (χ0) is 45.7. The Morgan fingerprint density at radius 3 is 1.71 bits per heavy atom. The highest BCUT2D eigenvalue weighted by Gasteiger charge is 2.47. The summed E-state index contributed by atoms with van der Waals surface area (Å²) in [7, 11) is 0. The Morgan fingerprint density at radius 1 is 0.464 bits per heavy atom. The van der Waals surface area contributed by atoms with E-state index in [4.69, 9.17) is 0 Å². The Kier molecular flexibility index (Phi) is 10.6. The summed E-state index contributed by atoms with van der Waals surface area (Å²) in [5.74, 6) is 1.19. The van der Waals surface area contributed by atoms with Gasteiger partial charge in [0.1, 0.15) is 0 Å². The van der Waals surface area contributed by atoms with Crippen molar-refractivity contribution in [3.05, 3.63) is 308 Å². The van der Waals surface area contributed by atoms with Crippen LogP contribution in [0.25, 0.3) is 33.9 Å². The molecule has 0 nitrogen and oxygen atoms in total. The standard InChI is InChI=1S/C69H56/c1-2-16-57(17-3-1)69(65-24-12-10-18-59(65)60-19-11-13-25-66(60)69)58-44-42-51(43-45-58)50-36-39-54(40-37-50)68-63-22-8-6-20-61(63)67(62-21-7-9-23-64(62)68)53-34-30-48(31-35-53)27-26-47-28-32-52(33-29-47)56-41-38-49-14-4-5-15-55(49)46-56/h1-4,6-14,16-28,30-32,34-42,44,55,61,63H,5,15,29,33,43,45-46H2. The van der Waals surface area contributed by atoms with Gasteiger partial charge in [-0.3, -0.25) is 0 Å². The molecule has 332 valence electrons. The first kappa shape index (κ1) is 41.6. The van der Waals surface area contributed by atoms with Gasteiger partial charge >= 0.3 is 0 Å². The van der Waals surface area contributed by atoms with E-state index in [9.17, 15) is 0 Å². The molecular weight excluding hydrogens is 829 g/mol. The normalized spacial score (nSPS) is 21.7. The molecule has 7 aliphatic rings. The van der Waals surface area contributed by atoms with Gasteiger partial charge in [-0.25, -0.2) is 0 Å². The molecule has 7 aliphatic carbocycles. The molecular formula is C69H56. The Balaban J connectivity index is 0.796. The van der Waals surface area contributed by atoms with Crippen molar-refractivity contribution in [1.82, 2.24) is 0 Å². The molecule has 3 atom stereocenters. The Morgan fingerprint density at radius 2 is 1.06 bits per heavy atom. The van der Waals surface area contributed by atoms with E-state index >= 15 is 0 Å². The first-order valence-electron chi connectivity index (χ1n) is 25.4. The summed E-state index contributed by atoms with van der Waals surface area (Å²) < 4.78 is 0. The number of hydrogen-bond acceptors (Lipinski definition) is 0. The smallest absolute Gasteiger partial charge is 0.0676 e. The Bertz CT molecular complexity index is 3440. The second-order valence-corrected chi connectivity index (χ2v) is 20.0. The van der Waals surface area contributed by atoms with Crippen LogP contribution in [0.2, 0.25) is 0 Å². The molecule has 0 saturated heterocycles. The summed E-state index contributed by atoms with van der Waals surface area (Å²) >= 11 is 0. The average Bonchev–Trinajstić information content (AvgIpc) is 3.73. The van der Waals surface area contributed by atoms with Gasteiger partial charge in [-0.1, -0.05) is 242 Å². The van der Waals surface area contributed by atoms with E-state index in [1.807, 2.05) is 0 Å². The summed E-state index contributed by atoms with van der Waals surface area (Å²) in [6.45, 7) is 0. The Labute approximate surface area is 407 Å². The number of benzene rings is 6. The van der Waals surface area contributed by atoms with E-state index in [2.05, 4.69) is 237 Å². The van der Waals surface area contributed by atoms with Gasteiger partial charge in [0.15, 0.2) is 0 Å². The van der Waals surface area contributed by atoms with Crippen LogP contribution in [0.5, 0.6) is 0 Å². The monoisotopic (exact) mass is 884 g/mol. The van der Waals surface area contributed by atoms with Crippen molar-refractivity contribution in [1.29, 1.82) is 0 Å². The molecule has 0 saturated carbocycles. The van der Waals surface area contributed by atoms with Crippen molar-refractivity contribution in [2.24, 2.45) is 17.8 Å². The number of fused-ring (bicyclic) bond motifs is 6. The lowest BCUT2D eigenvalue weighted by Crippen LogP contribution is -2.40. The fraction of sp³-hybridized carbons (Fsp3) is 0.159. The fourth-order valence-electron chi connectivity index (χ4n) is 13.0. The van der Waals surface area contributed by atoms with Crippen LogP contribution in [-0.2, 0) is 5.41 Å². The first-order chi connectivity index (χ1) is 34.2. The molecule has 0 heteroatoms. The van der Waals surface area contributed by atoms with Crippen LogP contribution in [0, 0.1) is 17.8 Å². The second-order valence-electron chi connectivity index (χ2n) is 20.0. The molecule has 0 radical (unpaired) electrons. The zero-order valence-corrected chi connectivity index (χ0v) is 39.2. The molecule has 0 N–H and O–H groups in total. The van der Waals surface area contributed by atoms with Gasteiger partial charge < -0.3 is 0 Å². The molecule has 0 bridgehead atoms. The second kappa shape index (κ2) is 17.5. The van der Waals surface area contributed by atoms with Crippen molar-refractivity contribution in [2.45, 2.75) is 50.4 Å². The lowest BCUT2D eigenvalue weighted by molar-refractivity contribution is 0.552. The molecule has 6 aromatic carbocycles. The molecule has 69 heavy (non-hydrogen) atoms. The Hall–Kier alpha value is -7.54. The van der Waals surface area contributed by atoms with Crippen LogP contribution >= 0.6 is 0 Å². The summed E-state index contributed by atoms with van der Waals surface area (Å²) in [5, 5.41) is 2.68. The third kappa shape index (κ3) is 7.20. The van der Waals surface area contributed by atoms with Crippen LogP contribution in [0.1, 0.15) is 83.9 Å². The maximum absolute atomic E-state index is 2.45. The topological polar surface area (TPSA) is 0 Å². The van der Waals surface area contributed by atoms with Gasteiger partial charge in [0, 0.05) is 11.8 Å². The fourth-order valence-corrected chi connectivity index (χ4v) is 13.0. The van der Waals surface area contributed by atoms with Gasteiger partial charge in [0.05, 0.1) is 5.41 Å². The van der Waals surface area contributed by atoms with E-state index in [-0.39, 0.29) is 17.3 Å². The van der Waals surface area contributed by atoms with Crippen molar-refractivity contribution < 1.29 is 0 Å². The van der Waals surface area contributed by atoms with Crippen molar-refractivity contribution in [2.75, 3.05) is 0 Å². The highest BCUT2D eigenvalue weighted by Crippen LogP contribution is 2.58. The maximum Gasteiger partial charge on any atom is 0.0676 e. The third-order valence-electron chi connectivity index (χ3n) is 16.4. The highest BCUT2D eigenvalue weighted by atomic mass is 14.5. The van der Waals surface area contributed by atoms with Gasteiger partial charge in [-0.2, -0.15) is 0 Å². The third-order valence-corrected chi connectivity index (χ3v) is 16.4. The van der Waals surface area contributed by atoms with E-state index in [0.717, 1.165) is 25.7 Å². The largest absolute Gasteiger partial charge is 0.0842 e. The SMILES string of the molecule is C1=CC2C(c3ccc(C=CC4=CC=C(C5=CC=C6C=CCCC6C5)CC4)cc3)=c3ccccc3=C(c3ccc(C4=CC=C(C5(c6ccccc6)c6ccccc6-c6ccccc65)CC4)cc3)C2C=C1. The molecule has 0 spiro atoms. The average molecular weight is 885 g/mol. The van der Waals surface area contributed by atoms with Gasteiger partial charge in [-0.05, 0) is 150 Å². The number of rotatable bonds is 8. The summed E-state index contributed by atoms with van der Waals surface area (Å²) in [6, 6.07) is 57.3. The lowest BCUT2D eigenvalue weighted by atomic mass is 9.65. The summed E-state index contributed by atoms with van der Waals surface area (Å²) in [6.07, 6.45) is 40.9. The van der Waals surface area contributed by atoms with Crippen molar-refractivity contribution >= 4 is 22.8 Å². The van der Waals surface area contributed by atoms with Gasteiger partial charge in [0.25, 0.3) is 0 Å². The molecule has 0 aliphatic heterocycles. The van der Waals surface area contributed by atoms with Gasteiger partial charge in [-0.15, -0.1) is 0 Å². The molecule has 0 aromatic heterocycles. The van der Waals surface area contributed by atoms with E-state index in [1.54, 1.807) is 5.57 Å². The van der Waals surface area contributed by atoms with Crippen LogP contribution < -0.4 is 10.4 Å². The first-order valence-corrected chi connectivity index (χ1v) is 25.4. The maximum atomic E-state index is 2.45. The number of allylic oxidation sites excluding steroid dienone is 19. The molecule has 6 aromatic rings. The number of hydrogen-bond donors (Lipinski definition) is 0. The van der Waals surface area contributed by atoms with E-state index < -0.39 is 0 Å². The molecule has 0 amide bonds. The molecule has 3 unspecified atom stereocenters. The summed E-state index contributed by atoms with van der Waals surface area (Å²) in [4.78, 5) is 0. The highest BCUT2D eigenvalue weighted by molar-refractivity contribution is 5.87. The van der Waals surface area contributed by atoms with Crippen LogP contribution in [-0.4, -0.2) is 0 Å². The lowest BCUT2D eigenvalue weighted by Gasteiger charge is -2.37. The minimum absolute atomic E-state index is 0.245. The van der Waals surface area contributed by atoms with Crippen molar-refractivity contribution in [3.63, 3.8) is 0 Å². The minimum atomic E-state index is -0.308. The van der Waals surface area contributed by atoms with Crippen LogP contribution in [0.3, 0.4) is 0 Å². The predicted octanol–water partition coefficient (Wildman–Crippen LogP) is 15.5. The molecule has 13 rings (SSSR count). The molecule has 0 heterocycles. The summed E-state index contributed by atoms with van der Waals surface area (Å²) in [5.41, 5.74) is 23.4.